The van der Waals surface area contributed by atoms with Crippen molar-refractivity contribution in [3.8, 4) is 16.9 Å². The van der Waals surface area contributed by atoms with Crippen molar-refractivity contribution < 1.29 is 18.5 Å². The van der Waals surface area contributed by atoms with Crippen LogP contribution >= 0.6 is 0 Å². The summed E-state index contributed by atoms with van der Waals surface area (Å²) in [6.07, 6.45) is 12.3. The van der Waals surface area contributed by atoms with Crippen LogP contribution in [0.3, 0.4) is 0 Å². The van der Waals surface area contributed by atoms with Gasteiger partial charge < -0.3 is 24.3 Å². The van der Waals surface area contributed by atoms with Gasteiger partial charge in [0.1, 0.15) is 12.4 Å². The predicted molar refractivity (Wildman–Crippen MR) is 201 cm³/mol. The van der Waals surface area contributed by atoms with Gasteiger partial charge >= 0.3 is 0 Å². The highest BCUT2D eigenvalue weighted by molar-refractivity contribution is 7.84. The molecule has 260 valence electrons. The molecular weight excluding hydrogens is 633 g/mol. The number of carbonyl (C=O) groups excluding carboxylic acids is 1. The minimum Gasteiger partial charge on any atom is -0.491 e. The third-order valence-electron chi connectivity index (χ3n) is 8.70. The van der Waals surface area contributed by atoms with Crippen molar-refractivity contribution in [2.75, 3.05) is 43.1 Å². The molecule has 1 N–H and O–H groups in total. The highest BCUT2D eigenvalue weighted by Gasteiger charge is 2.16. The van der Waals surface area contributed by atoms with Gasteiger partial charge in [0.15, 0.2) is 0 Å². The lowest BCUT2D eigenvalue weighted by Crippen LogP contribution is -2.30. The van der Waals surface area contributed by atoms with Crippen LogP contribution in [0, 0.1) is 0 Å². The van der Waals surface area contributed by atoms with Gasteiger partial charge in [-0.1, -0.05) is 38.5 Å². The van der Waals surface area contributed by atoms with Gasteiger partial charge in [0.2, 0.25) is 0 Å². The average Bonchev–Trinajstić information content (AvgIpc) is 3.57. The topological polar surface area (TPSA) is 85.7 Å². The number of ether oxygens (including phenoxy) is 2. The molecule has 49 heavy (non-hydrogen) atoms. The number of hydrogen-bond donors (Lipinski definition) is 1. The van der Waals surface area contributed by atoms with Crippen LogP contribution in [0.2, 0.25) is 0 Å². The fraction of sp³-hybridized carbons (Fsp3) is 0.400. The zero-order valence-corrected chi connectivity index (χ0v) is 30.0. The van der Waals surface area contributed by atoms with E-state index < -0.39 is 10.8 Å². The van der Waals surface area contributed by atoms with Gasteiger partial charge in [-0.2, -0.15) is 0 Å². The van der Waals surface area contributed by atoms with Gasteiger partial charge in [0, 0.05) is 54.3 Å². The van der Waals surface area contributed by atoms with E-state index in [1.165, 1.54) is 19.3 Å². The maximum absolute atomic E-state index is 13.4. The van der Waals surface area contributed by atoms with E-state index in [1.54, 1.807) is 12.5 Å². The number of rotatable bonds is 17. The molecule has 1 aliphatic rings. The average molecular weight is 683 g/mol. The van der Waals surface area contributed by atoms with Crippen molar-refractivity contribution in [3.63, 3.8) is 0 Å². The summed E-state index contributed by atoms with van der Waals surface area (Å²) in [6.45, 7) is 10.9. The number of imidazole rings is 1. The Kier molecular flexibility index (Phi) is 13.6. The van der Waals surface area contributed by atoms with Crippen LogP contribution < -0.4 is 15.0 Å². The van der Waals surface area contributed by atoms with Crippen LogP contribution in [0.4, 0.5) is 11.4 Å². The Morgan fingerprint density at radius 2 is 1.67 bits per heavy atom. The molecule has 1 saturated heterocycles. The molecule has 1 atom stereocenters. The molecule has 0 radical (unpaired) electrons. The molecule has 0 aliphatic carbocycles. The van der Waals surface area contributed by atoms with Crippen molar-refractivity contribution >= 4 is 34.2 Å². The third-order valence-corrected chi connectivity index (χ3v) is 10.1. The summed E-state index contributed by atoms with van der Waals surface area (Å²) < 4.78 is 26.6. The highest BCUT2D eigenvalue weighted by atomic mass is 32.2. The van der Waals surface area contributed by atoms with E-state index in [2.05, 4.69) is 59.4 Å². The Morgan fingerprint density at radius 1 is 0.918 bits per heavy atom. The number of unbranched alkanes of at least 4 members (excludes halogenated alkanes) is 1. The second-order valence-electron chi connectivity index (χ2n) is 12.5. The number of benzene rings is 3. The Balaban J connectivity index is 1.27. The van der Waals surface area contributed by atoms with Gasteiger partial charge in [0.05, 0.1) is 35.2 Å². The summed E-state index contributed by atoms with van der Waals surface area (Å²) in [5.74, 6) is 1.05. The van der Waals surface area contributed by atoms with Crippen molar-refractivity contribution in [2.45, 2.75) is 76.5 Å². The molecule has 0 saturated carbocycles. The number of carbonyl (C=O) groups is 1. The number of aryl methyl sites for hydroxylation is 1. The van der Waals surface area contributed by atoms with Gasteiger partial charge in [-0.15, -0.1) is 0 Å². The van der Waals surface area contributed by atoms with Gasteiger partial charge in [-0.05, 0) is 110 Å². The van der Waals surface area contributed by atoms with Crippen molar-refractivity contribution in [2.24, 2.45) is 0 Å². The maximum atomic E-state index is 13.4. The number of nitrogens with zero attached hydrogens (tertiary/aromatic N) is 3. The first-order valence-corrected chi connectivity index (χ1v) is 18.9. The number of piperidine rings is 1. The molecule has 9 heteroatoms. The maximum Gasteiger partial charge on any atom is 0.251 e. The first-order chi connectivity index (χ1) is 23.9. The van der Waals surface area contributed by atoms with E-state index in [1.807, 2.05) is 54.0 Å². The Hall–Kier alpha value is -4.21. The van der Waals surface area contributed by atoms with Crippen LogP contribution in [0.1, 0.15) is 70.6 Å². The largest absolute Gasteiger partial charge is 0.491 e. The molecule has 5 rings (SSSR count). The quantitative estimate of drug-likeness (QED) is 0.0888. The van der Waals surface area contributed by atoms with Crippen LogP contribution in [0.25, 0.3) is 17.2 Å². The van der Waals surface area contributed by atoms with Crippen molar-refractivity contribution in [1.29, 1.82) is 0 Å². The molecule has 1 fully saturated rings. The number of amides is 1. The minimum absolute atomic E-state index is 0.174. The second kappa shape index (κ2) is 18.5. The number of hydrogen-bond acceptors (Lipinski definition) is 6. The Bertz CT molecular complexity index is 1690. The zero-order chi connectivity index (χ0) is 34.4. The molecule has 3 aromatic carbocycles. The lowest BCUT2D eigenvalue weighted by molar-refractivity contribution is -0.112. The smallest absolute Gasteiger partial charge is 0.251 e. The van der Waals surface area contributed by atoms with Gasteiger partial charge in [-0.25, -0.2) is 4.98 Å². The normalized spacial score (nSPS) is 14.1. The van der Waals surface area contributed by atoms with E-state index >= 15 is 0 Å². The van der Waals surface area contributed by atoms with E-state index in [0.717, 1.165) is 79.3 Å². The summed E-state index contributed by atoms with van der Waals surface area (Å²) in [7, 11) is -1.21. The lowest BCUT2D eigenvalue weighted by atomic mass is 9.98. The molecule has 8 nitrogen and oxygen atoms in total. The van der Waals surface area contributed by atoms with E-state index in [-0.39, 0.29) is 5.91 Å². The third kappa shape index (κ3) is 10.4. The van der Waals surface area contributed by atoms with Crippen LogP contribution in [0.15, 0.2) is 89.7 Å². The first-order valence-electron chi connectivity index (χ1n) is 17.6. The Labute approximate surface area is 294 Å². The molecule has 1 aromatic heterocycles. The van der Waals surface area contributed by atoms with Crippen LogP contribution in [-0.4, -0.2) is 52.6 Å². The van der Waals surface area contributed by atoms with E-state index in [0.29, 0.717) is 35.1 Å². The fourth-order valence-electron chi connectivity index (χ4n) is 5.93. The fourth-order valence-corrected chi connectivity index (χ4v) is 7.05. The lowest BCUT2D eigenvalue weighted by Gasteiger charge is -2.30. The molecule has 0 bridgehead atoms. The SMILES string of the molecule is CCCCOCCOc1ccc(-c2ccc(N3CCCCC3)c(C=C(C)C(=O)Nc3ccc([S@@](=O)Cc4cncn4CCC)cc3)c2)cc1. The summed E-state index contributed by atoms with van der Waals surface area (Å²) in [5.41, 5.74) is 6.55. The van der Waals surface area contributed by atoms with Crippen molar-refractivity contribution in [1.82, 2.24) is 9.55 Å². The molecule has 2 heterocycles. The second-order valence-corrected chi connectivity index (χ2v) is 14.0. The van der Waals surface area contributed by atoms with Gasteiger partial charge in [0.25, 0.3) is 5.91 Å². The number of aromatic nitrogens is 2. The monoisotopic (exact) mass is 682 g/mol. The number of nitrogens with one attached hydrogen (secondary N) is 1. The zero-order valence-electron chi connectivity index (χ0n) is 29.2. The number of anilines is 2. The standard InChI is InChI=1S/C40H50N4O4S/c1-4-6-23-47-24-25-48-37-15-10-32(11-16-37)33-12-19-39(43-21-8-7-9-22-43)34(27-33)26-31(3)40(45)42-35-13-17-38(18-14-35)49(46)29-36-28-41-30-44(36)20-5-2/h10-19,26-28,30H,4-9,20-25,29H2,1-3H3,(H,42,45)/t49-/m0/s1. The molecule has 1 amide bonds. The van der Waals surface area contributed by atoms with Gasteiger partial charge in [-0.3, -0.25) is 9.00 Å². The van der Waals surface area contributed by atoms with E-state index in [4.69, 9.17) is 9.47 Å². The highest BCUT2D eigenvalue weighted by Crippen LogP contribution is 2.32. The molecule has 1 aliphatic heterocycles. The summed E-state index contributed by atoms with van der Waals surface area (Å²) in [6, 6.07) is 21.9. The summed E-state index contributed by atoms with van der Waals surface area (Å²) >= 11 is 0. The molecule has 4 aromatic rings. The Morgan fingerprint density at radius 3 is 2.41 bits per heavy atom. The van der Waals surface area contributed by atoms with Crippen LogP contribution in [-0.2, 0) is 32.6 Å². The molecular formula is C40H50N4O4S. The summed E-state index contributed by atoms with van der Waals surface area (Å²) in [4.78, 5) is 20.8. The first kappa shape index (κ1) is 36.1. The van der Waals surface area contributed by atoms with Crippen molar-refractivity contribution in [3.05, 3.63) is 96.1 Å². The molecule has 0 spiro atoms. The van der Waals surface area contributed by atoms with E-state index in [9.17, 15) is 9.00 Å². The minimum atomic E-state index is -1.21. The predicted octanol–water partition coefficient (Wildman–Crippen LogP) is 8.50. The summed E-state index contributed by atoms with van der Waals surface area (Å²) in [5, 5.41) is 3.03. The molecule has 0 unspecified atom stereocenters. The van der Waals surface area contributed by atoms with Crippen LogP contribution in [0.5, 0.6) is 5.75 Å².